The van der Waals surface area contributed by atoms with Crippen LogP contribution in [0, 0.1) is 0 Å². The summed E-state index contributed by atoms with van der Waals surface area (Å²) in [5.41, 5.74) is -0.493. The van der Waals surface area contributed by atoms with Gasteiger partial charge >= 0.3 is 18.6 Å². The van der Waals surface area contributed by atoms with Gasteiger partial charge in [0.15, 0.2) is 6.10 Å². The van der Waals surface area contributed by atoms with Crippen LogP contribution in [0.15, 0.2) is 24.3 Å². The fraction of sp³-hybridized carbons (Fsp3) is 0.438. The molecule has 0 heterocycles. The number of ether oxygens (including phenoxy) is 2. The largest absolute Gasteiger partial charge is 0.449 e. The fourth-order valence-electron chi connectivity index (χ4n) is 1.64. The Morgan fingerprint density at radius 3 is 2.12 bits per heavy atom. The molecule has 0 unspecified atom stereocenters. The highest BCUT2D eigenvalue weighted by Gasteiger charge is 2.22. The number of hydrogen-bond donors (Lipinski definition) is 2. The molecule has 0 aliphatic carbocycles. The lowest BCUT2D eigenvalue weighted by atomic mass is 10.1. The van der Waals surface area contributed by atoms with E-state index in [1.807, 2.05) is 0 Å². The summed E-state index contributed by atoms with van der Waals surface area (Å²) >= 11 is 0. The van der Waals surface area contributed by atoms with Crippen LogP contribution >= 0.6 is 0 Å². The molecule has 0 spiro atoms. The van der Waals surface area contributed by atoms with Gasteiger partial charge < -0.3 is 14.8 Å². The van der Waals surface area contributed by atoms with Gasteiger partial charge in [0.1, 0.15) is 5.75 Å². The molecule has 2 N–H and O–H groups in total. The first kappa shape index (κ1) is 20.3. The van der Waals surface area contributed by atoms with Crippen molar-refractivity contribution in [2.24, 2.45) is 0 Å². The second-order valence-corrected chi connectivity index (χ2v) is 6.14. The van der Waals surface area contributed by atoms with Crippen LogP contribution in [-0.2, 0) is 9.53 Å². The molecular formula is C16H20F2N2O5. The quantitative estimate of drug-likeness (QED) is 0.789. The number of urea groups is 1. The number of esters is 1. The van der Waals surface area contributed by atoms with E-state index in [1.165, 1.54) is 31.2 Å². The summed E-state index contributed by atoms with van der Waals surface area (Å²) in [4.78, 5) is 35.3. The maximum atomic E-state index is 12.1. The molecule has 0 bridgehead atoms. The van der Waals surface area contributed by atoms with Crippen molar-refractivity contribution in [3.63, 3.8) is 0 Å². The van der Waals surface area contributed by atoms with Crippen LogP contribution in [0.25, 0.3) is 0 Å². The lowest BCUT2D eigenvalue weighted by Crippen LogP contribution is -2.50. The van der Waals surface area contributed by atoms with E-state index >= 15 is 0 Å². The molecule has 0 saturated carbocycles. The van der Waals surface area contributed by atoms with E-state index in [-0.39, 0.29) is 11.3 Å². The van der Waals surface area contributed by atoms with Crippen molar-refractivity contribution >= 4 is 17.9 Å². The third-order valence-electron chi connectivity index (χ3n) is 2.69. The highest BCUT2D eigenvalue weighted by Crippen LogP contribution is 2.15. The Morgan fingerprint density at radius 1 is 1.08 bits per heavy atom. The third kappa shape index (κ3) is 7.60. The van der Waals surface area contributed by atoms with Crippen LogP contribution in [0.3, 0.4) is 0 Å². The van der Waals surface area contributed by atoms with E-state index in [2.05, 4.69) is 15.4 Å². The minimum Gasteiger partial charge on any atom is -0.449 e. The standard InChI is InChI=1S/C16H20F2N2O5/c1-9(12(21)19-15(23)20-16(2,3)4)24-13(22)10-5-7-11(8-6-10)25-14(17)18/h5-9,14H,1-4H3,(H2,19,20,21,23)/t9-/m0/s1. The lowest BCUT2D eigenvalue weighted by Gasteiger charge is -2.21. The average Bonchev–Trinajstić information content (AvgIpc) is 2.44. The number of nitrogens with one attached hydrogen (secondary N) is 2. The first-order valence-electron chi connectivity index (χ1n) is 7.37. The minimum absolute atomic E-state index is 0.0420. The number of rotatable bonds is 5. The molecule has 1 atom stereocenters. The highest BCUT2D eigenvalue weighted by atomic mass is 19.3. The number of hydrogen-bond acceptors (Lipinski definition) is 5. The number of carbonyl (C=O) groups excluding carboxylic acids is 3. The number of halogens is 2. The zero-order valence-corrected chi connectivity index (χ0v) is 14.3. The first-order chi connectivity index (χ1) is 11.5. The number of alkyl halides is 2. The van der Waals surface area contributed by atoms with E-state index < -0.39 is 36.2 Å². The smallest absolute Gasteiger partial charge is 0.387 e. The monoisotopic (exact) mass is 358 g/mol. The first-order valence-corrected chi connectivity index (χ1v) is 7.37. The van der Waals surface area contributed by atoms with Gasteiger partial charge in [0.25, 0.3) is 5.91 Å². The number of imide groups is 1. The summed E-state index contributed by atoms with van der Waals surface area (Å²) in [6.07, 6.45) is -1.23. The molecule has 138 valence electrons. The number of carbonyl (C=O) groups is 3. The number of benzene rings is 1. The van der Waals surface area contributed by atoms with Gasteiger partial charge in [-0.3, -0.25) is 10.1 Å². The second kappa shape index (κ2) is 8.41. The Balaban J connectivity index is 2.58. The Labute approximate surface area is 143 Å². The van der Waals surface area contributed by atoms with E-state index in [0.29, 0.717) is 0 Å². The summed E-state index contributed by atoms with van der Waals surface area (Å²) in [6, 6.07) is 4.07. The normalized spacial score (nSPS) is 12.3. The molecule has 1 aromatic carbocycles. The van der Waals surface area contributed by atoms with Gasteiger partial charge in [-0.15, -0.1) is 0 Å². The van der Waals surface area contributed by atoms with Gasteiger partial charge in [-0.25, -0.2) is 9.59 Å². The molecule has 0 fully saturated rings. The van der Waals surface area contributed by atoms with Crippen LogP contribution < -0.4 is 15.4 Å². The topological polar surface area (TPSA) is 93.7 Å². The van der Waals surface area contributed by atoms with Crippen molar-refractivity contribution in [3.05, 3.63) is 29.8 Å². The van der Waals surface area contributed by atoms with Gasteiger partial charge in [0, 0.05) is 5.54 Å². The van der Waals surface area contributed by atoms with E-state index in [4.69, 9.17) is 4.74 Å². The molecule has 1 aromatic rings. The SMILES string of the molecule is C[C@H](OC(=O)c1ccc(OC(F)F)cc1)C(=O)NC(=O)NC(C)(C)C. The van der Waals surface area contributed by atoms with Crippen LogP contribution in [0.4, 0.5) is 13.6 Å². The summed E-state index contributed by atoms with van der Waals surface area (Å²) < 4.78 is 33.2. The molecule has 9 heteroatoms. The Bertz CT molecular complexity index is 626. The molecule has 7 nitrogen and oxygen atoms in total. The number of amides is 3. The van der Waals surface area contributed by atoms with E-state index in [9.17, 15) is 23.2 Å². The molecule has 0 aromatic heterocycles. The van der Waals surface area contributed by atoms with E-state index in [1.54, 1.807) is 20.8 Å². The Morgan fingerprint density at radius 2 is 1.64 bits per heavy atom. The Kier molecular flexibility index (Phi) is 6.84. The Hall–Kier alpha value is -2.71. The zero-order chi connectivity index (χ0) is 19.2. The van der Waals surface area contributed by atoms with Crippen molar-refractivity contribution in [2.75, 3.05) is 0 Å². The molecule has 1 rings (SSSR count). The molecule has 0 aliphatic rings. The highest BCUT2D eigenvalue weighted by molar-refractivity contribution is 5.98. The zero-order valence-electron chi connectivity index (χ0n) is 14.3. The average molecular weight is 358 g/mol. The summed E-state index contributed by atoms with van der Waals surface area (Å²) in [5, 5.41) is 4.58. The van der Waals surface area contributed by atoms with Crippen molar-refractivity contribution in [3.8, 4) is 5.75 Å². The lowest BCUT2D eigenvalue weighted by molar-refractivity contribution is -0.127. The van der Waals surface area contributed by atoms with Crippen LogP contribution in [-0.4, -0.2) is 36.2 Å². The van der Waals surface area contributed by atoms with Crippen molar-refractivity contribution in [2.45, 2.75) is 45.9 Å². The van der Waals surface area contributed by atoms with Gasteiger partial charge in [-0.1, -0.05) is 0 Å². The van der Waals surface area contributed by atoms with Crippen molar-refractivity contribution in [1.29, 1.82) is 0 Å². The molecule has 0 aliphatic heterocycles. The van der Waals surface area contributed by atoms with Crippen LogP contribution in [0.1, 0.15) is 38.1 Å². The van der Waals surface area contributed by atoms with Crippen LogP contribution in [0.5, 0.6) is 5.75 Å². The molecule has 0 radical (unpaired) electrons. The van der Waals surface area contributed by atoms with Crippen molar-refractivity contribution in [1.82, 2.24) is 10.6 Å². The van der Waals surface area contributed by atoms with E-state index in [0.717, 1.165) is 0 Å². The van der Waals surface area contributed by atoms with Gasteiger partial charge in [-0.05, 0) is 52.0 Å². The maximum Gasteiger partial charge on any atom is 0.387 e. The minimum atomic E-state index is -2.97. The van der Waals surface area contributed by atoms with Gasteiger partial charge in [-0.2, -0.15) is 8.78 Å². The maximum absolute atomic E-state index is 12.1. The summed E-state index contributed by atoms with van der Waals surface area (Å²) in [5.74, 6) is -1.76. The predicted molar refractivity (Wildman–Crippen MR) is 84.4 cm³/mol. The third-order valence-corrected chi connectivity index (χ3v) is 2.69. The molecular weight excluding hydrogens is 338 g/mol. The van der Waals surface area contributed by atoms with Gasteiger partial charge in [0.05, 0.1) is 5.56 Å². The second-order valence-electron chi connectivity index (χ2n) is 6.14. The van der Waals surface area contributed by atoms with Crippen LogP contribution in [0.2, 0.25) is 0 Å². The molecule has 0 saturated heterocycles. The summed E-state index contributed by atoms with van der Waals surface area (Å²) in [6.45, 7) is 3.54. The molecule has 3 amide bonds. The van der Waals surface area contributed by atoms with Gasteiger partial charge in [0.2, 0.25) is 0 Å². The summed E-state index contributed by atoms with van der Waals surface area (Å²) in [7, 11) is 0. The van der Waals surface area contributed by atoms with Crippen molar-refractivity contribution < 1.29 is 32.6 Å². The fourth-order valence-corrected chi connectivity index (χ4v) is 1.64. The predicted octanol–water partition coefficient (Wildman–Crippen LogP) is 2.46. The molecule has 25 heavy (non-hydrogen) atoms.